The SMILES string of the molecule is CCCCCCCCCCc1ccc(O)cc1O. The number of hydrogen-bond donors (Lipinski definition) is 2. The lowest BCUT2D eigenvalue weighted by Crippen LogP contribution is -1.87. The zero-order valence-corrected chi connectivity index (χ0v) is 11.5. The Bertz CT molecular complexity index is 334. The number of aromatic hydroxyl groups is 2. The molecule has 0 atom stereocenters. The smallest absolute Gasteiger partial charge is 0.122 e. The van der Waals surface area contributed by atoms with Gasteiger partial charge in [-0.15, -0.1) is 0 Å². The van der Waals surface area contributed by atoms with Gasteiger partial charge in [-0.25, -0.2) is 0 Å². The average Bonchev–Trinajstić information content (AvgIpc) is 2.35. The molecule has 0 aliphatic heterocycles. The summed E-state index contributed by atoms with van der Waals surface area (Å²) in [6.45, 7) is 2.24. The van der Waals surface area contributed by atoms with Crippen LogP contribution in [0, 0.1) is 0 Å². The van der Waals surface area contributed by atoms with Gasteiger partial charge in [-0.2, -0.15) is 0 Å². The first kappa shape index (κ1) is 14.9. The van der Waals surface area contributed by atoms with Crippen LogP contribution in [0.15, 0.2) is 18.2 Å². The second-order valence-electron chi connectivity index (χ2n) is 5.04. The summed E-state index contributed by atoms with van der Waals surface area (Å²) >= 11 is 0. The molecule has 0 unspecified atom stereocenters. The summed E-state index contributed by atoms with van der Waals surface area (Å²) < 4.78 is 0. The van der Waals surface area contributed by atoms with Crippen LogP contribution in [0.2, 0.25) is 0 Å². The molecule has 0 spiro atoms. The molecule has 0 radical (unpaired) electrons. The normalized spacial score (nSPS) is 10.7. The van der Waals surface area contributed by atoms with Crippen molar-refractivity contribution in [3.05, 3.63) is 23.8 Å². The van der Waals surface area contributed by atoms with Gasteiger partial charge in [0.15, 0.2) is 0 Å². The quantitative estimate of drug-likeness (QED) is 0.619. The van der Waals surface area contributed by atoms with Crippen molar-refractivity contribution in [3.63, 3.8) is 0 Å². The molecule has 2 heteroatoms. The molecule has 1 aromatic carbocycles. The van der Waals surface area contributed by atoms with Crippen LogP contribution < -0.4 is 0 Å². The number of hydrogen-bond acceptors (Lipinski definition) is 2. The van der Waals surface area contributed by atoms with Gasteiger partial charge in [0.25, 0.3) is 0 Å². The molecule has 0 bridgehead atoms. The average molecular weight is 250 g/mol. The molecule has 2 nitrogen and oxygen atoms in total. The lowest BCUT2D eigenvalue weighted by Gasteiger charge is -2.05. The predicted molar refractivity (Wildman–Crippen MR) is 76.1 cm³/mol. The number of aryl methyl sites for hydroxylation is 1. The van der Waals surface area contributed by atoms with E-state index in [1.807, 2.05) is 6.07 Å². The largest absolute Gasteiger partial charge is 0.508 e. The van der Waals surface area contributed by atoms with Gasteiger partial charge < -0.3 is 10.2 Å². The molecule has 0 heterocycles. The van der Waals surface area contributed by atoms with Gasteiger partial charge in [0.05, 0.1) is 0 Å². The Labute approximate surface area is 111 Å². The summed E-state index contributed by atoms with van der Waals surface area (Å²) in [4.78, 5) is 0. The standard InChI is InChI=1S/C16H26O2/c1-2-3-4-5-6-7-8-9-10-14-11-12-15(17)13-16(14)18/h11-13,17-18H,2-10H2,1H3. The third kappa shape index (κ3) is 5.95. The van der Waals surface area contributed by atoms with E-state index < -0.39 is 0 Å². The van der Waals surface area contributed by atoms with E-state index in [2.05, 4.69) is 6.92 Å². The van der Waals surface area contributed by atoms with Crippen molar-refractivity contribution in [2.24, 2.45) is 0 Å². The molecular formula is C16H26O2. The highest BCUT2D eigenvalue weighted by Gasteiger charge is 2.01. The Morgan fingerprint density at radius 3 is 2.06 bits per heavy atom. The first-order valence-corrected chi connectivity index (χ1v) is 7.25. The maximum Gasteiger partial charge on any atom is 0.122 e. The van der Waals surface area contributed by atoms with E-state index >= 15 is 0 Å². The summed E-state index contributed by atoms with van der Waals surface area (Å²) in [6.07, 6.45) is 11.3. The van der Waals surface area contributed by atoms with Crippen LogP contribution in [-0.2, 0) is 6.42 Å². The molecule has 2 N–H and O–H groups in total. The van der Waals surface area contributed by atoms with E-state index in [4.69, 9.17) is 0 Å². The summed E-state index contributed by atoms with van der Waals surface area (Å²) in [7, 11) is 0. The van der Waals surface area contributed by atoms with Crippen LogP contribution in [0.1, 0.15) is 63.9 Å². The van der Waals surface area contributed by atoms with E-state index in [9.17, 15) is 10.2 Å². The molecule has 1 aromatic rings. The Kier molecular flexibility index (Phi) is 7.31. The van der Waals surface area contributed by atoms with Crippen molar-refractivity contribution in [2.45, 2.75) is 64.7 Å². The van der Waals surface area contributed by atoms with Gasteiger partial charge in [-0.1, -0.05) is 57.9 Å². The summed E-state index contributed by atoms with van der Waals surface area (Å²) in [5.74, 6) is 0.352. The van der Waals surface area contributed by atoms with Gasteiger partial charge >= 0.3 is 0 Å². The van der Waals surface area contributed by atoms with Crippen LogP contribution in [0.25, 0.3) is 0 Å². The number of benzene rings is 1. The lowest BCUT2D eigenvalue weighted by atomic mass is 10.0. The van der Waals surface area contributed by atoms with E-state index in [0.29, 0.717) is 0 Å². The zero-order chi connectivity index (χ0) is 13.2. The van der Waals surface area contributed by atoms with Crippen molar-refractivity contribution in [2.75, 3.05) is 0 Å². The van der Waals surface area contributed by atoms with Crippen LogP contribution >= 0.6 is 0 Å². The minimum absolute atomic E-state index is 0.132. The van der Waals surface area contributed by atoms with Crippen LogP contribution in [0.3, 0.4) is 0 Å². The van der Waals surface area contributed by atoms with E-state index in [1.54, 1.807) is 6.07 Å². The van der Waals surface area contributed by atoms with Crippen molar-refractivity contribution >= 4 is 0 Å². The fourth-order valence-corrected chi connectivity index (χ4v) is 2.21. The van der Waals surface area contributed by atoms with Gasteiger partial charge in [-0.3, -0.25) is 0 Å². The third-order valence-corrected chi connectivity index (χ3v) is 3.37. The van der Waals surface area contributed by atoms with Gasteiger partial charge in [0.2, 0.25) is 0 Å². The molecule has 0 aliphatic rings. The molecule has 0 saturated heterocycles. The molecular weight excluding hydrogens is 224 g/mol. The fraction of sp³-hybridized carbons (Fsp3) is 0.625. The van der Waals surface area contributed by atoms with Gasteiger partial charge in [-0.05, 0) is 24.5 Å². The van der Waals surface area contributed by atoms with Crippen LogP contribution in [-0.4, -0.2) is 10.2 Å². The minimum atomic E-state index is 0.132. The summed E-state index contributed by atoms with van der Waals surface area (Å²) in [5.41, 5.74) is 0.943. The van der Waals surface area contributed by atoms with Crippen molar-refractivity contribution < 1.29 is 10.2 Å². The molecule has 0 amide bonds. The van der Waals surface area contributed by atoms with E-state index in [-0.39, 0.29) is 11.5 Å². The topological polar surface area (TPSA) is 40.5 Å². The first-order chi connectivity index (χ1) is 8.74. The summed E-state index contributed by atoms with van der Waals surface area (Å²) in [6, 6.07) is 4.87. The fourth-order valence-electron chi connectivity index (χ4n) is 2.21. The monoisotopic (exact) mass is 250 g/mol. The van der Waals surface area contributed by atoms with Crippen molar-refractivity contribution in [3.8, 4) is 11.5 Å². The molecule has 0 saturated carbocycles. The second kappa shape index (κ2) is 8.84. The Balaban J connectivity index is 2.07. The Morgan fingerprint density at radius 2 is 1.44 bits per heavy atom. The van der Waals surface area contributed by atoms with Crippen molar-refractivity contribution in [1.29, 1.82) is 0 Å². The molecule has 0 fully saturated rings. The first-order valence-electron chi connectivity index (χ1n) is 7.25. The maximum absolute atomic E-state index is 9.63. The Morgan fingerprint density at radius 1 is 0.833 bits per heavy atom. The van der Waals surface area contributed by atoms with Gasteiger partial charge in [0, 0.05) is 6.07 Å². The third-order valence-electron chi connectivity index (χ3n) is 3.37. The number of unbranched alkanes of at least 4 members (excludes halogenated alkanes) is 7. The zero-order valence-electron chi connectivity index (χ0n) is 11.5. The molecule has 0 aromatic heterocycles. The molecule has 102 valence electrons. The maximum atomic E-state index is 9.63. The molecule has 1 rings (SSSR count). The van der Waals surface area contributed by atoms with Crippen LogP contribution in [0.4, 0.5) is 0 Å². The van der Waals surface area contributed by atoms with Crippen LogP contribution in [0.5, 0.6) is 11.5 Å². The minimum Gasteiger partial charge on any atom is -0.508 e. The highest BCUT2D eigenvalue weighted by atomic mass is 16.3. The molecule has 18 heavy (non-hydrogen) atoms. The number of phenols is 2. The Hall–Kier alpha value is -1.18. The second-order valence-corrected chi connectivity index (χ2v) is 5.04. The number of rotatable bonds is 9. The van der Waals surface area contributed by atoms with Crippen molar-refractivity contribution in [1.82, 2.24) is 0 Å². The summed E-state index contributed by atoms with van der Waals surface area (Å²) in [5, 5.41) is 18.8. The lowest BCUT2D eigenvalue weighted by molar-refractivity contribution is 0.444. The highest BCUT2D eigenvalue weighted by Crippen LogP contribution is 2.24. The van der Waals surface area contributed by atoms with E-state index in [0.717, 1.165) is 18.4 Å². The highest BCUT2D eigenvalue weighted by molar-refractivity contribution is 5.38. The van der Waals surface area contributed by atoms with E-state index in [1.165, 1.54) is 51.0 Å². The van der Waals surface area contributed by atoms with Gasteiger partial charge in [0.1, 0.15) is 11.5 Å². The predicted octanol–water partition coefficient (Wildman–Crippen LogP) is 4.78. The molecule has 0 aliphatic carbocycles. The number of phenolic OH excluding ortho intramolecular Hbond substituents is 2.